The molecule has 0 spiro atoms. The lowest BCUT2D eigenvalue weighted by Crippen LogP contribution is -2.40. The molecule has 3 N–H and O–H groups in total. The minimum atomic E-state index is -0.870. The highest BCUT2D eigenvalue weighted by Crippen LogP contribution is 2.18. The topological polar surface area (TPSA) is 87.7 Å². The number of carbonyl (C=O) groups is 2. The van der Waals surface area contributed by atoms with E-state index in [0.717, 1.165) is 5.56 Å². The molecule has 0 bridgehead atoms. The second kappa shape index (κ2) is 6.78. The molecule has 112 valence electrons. The van der Waals surface area contributed by atoms with Crippen LogP contribution in [0, 0.1) is 5.92 Å². The quantitative estimate of drug-likeness (QED) is 0.718. The van der Waals surface area contributed by atoms with E-state index >= 15 is 0 Å². The predicted molar refractivity (Wildman–Crippen MR) is 77.0 cm³/mol. The third kappa shape index (κ3) is 3.98. The predicted octanol–water partition coefficient (Wildman–Crippen LogP) is 1.52. The summed E-state index contributed by atoms with van der Waals surface area (Å²) in [5.41, 5.74) is 0.875. The zero-order chi connectivity index (χ0) is 15.2. The van der Waals surface area contributed by atoms with Crippen LogP contribution in [0.4, 0.5) is 4.79 Å². The van der Waals surface area contributed by atoms with E-state index in [2.05, 4.69) is 10.6 Å². The van der Waals surface area contributed by atoms with Crippen molar-refractivity contribution in [1.82, 2.24) is 10.6 Å². The molecule has 0 saturated heterocycles. The third-order valence-corrected chi connectivity index (χ3v) is 3.35. The molecule has 6 heteroatoms. The molecule has 6 nitrogen and oxygen atoms in total. The number of nitrogens with one attached hydrogen (secondary N) is 2. The van der Waals surface area contributed by atoms with Crippen molar-refractivity contribution >= 4 is 12.0 Å². The van der Waals surface area contributed by atoms with E-state index in [1.165, 1.54) is 0 Å². The molecule has 1 aromatic carbocycles. The molecule has 0 saturated carbocycles. The number of methoxy groups -OCH3 is 1. The third-order valence-electron chi connectivity index (χ3n) is 3.35. The van der Waals surface area contributed by atoms with Crippen LogP contribution in [-0.4, -0.2) is 30.3 Å². The first-order valence-corrected chi connectivity index (χ1v) is 6.67. The smallest absolute Gasteiger partial charge is 0.315 e. The number of carboxylic acids is 1. The van der Waals surface area contributed by atoms with Crippen molar-refractivity contribution in [2.75, 3.05) is 7.11 Å². The number of benzene rings is 1. The molecule has 2 amide bonds. The second-order valence-electron chi connectivity index (χ2n) is 4.81. The van der Waals surface area contributed by atoms with Gasteiger partial charge in [-0.25, -0.2) is 4.79 Å². The van der Waals surface area contributed by atoms with Crippen molar-refractivity contribution in [2.45, 2.75) is 19.0 Å². The van der Waals surface area contributed by atoms with E-state index < -0.39 is 11.9 Å². The molecular weight excluding hydrogens is 272 g/mol. The second-order valence-corrected chi connectivity index (χ2v) is 4.81. The number of amides is 2. The zero-order valence-corrected chi connectivity index (χ0v) is 11.7. The summed E-state index contributed by atoms with van der Waals surface area (Å²) < 4.78 is 5.20. The highest BCUT2D eigenvalue weighted by atomic mass is 16.5. The maximum Gasteiger partial charge on any atom is 0.315 e. The normalized spacial score (nSPS) is 20.0. The summed E-state index contributed by atoms with van der Waals surface area (Å²) in [7, 11) is 1.58. The molecule has 0 aromatic heterocycles. The number of aliphatic carboxylic acids is 1. The monoisotopic (exact) mass is 290 g/mol. The van der Waals surface area contributed by atoms with Gasteiger partial charge in [-0.05, 0) is 12.5 Å². The zero-order valence-electron chi connectivity index (χ0n) is 11.7. The first-order valence-electron chi connectivity index (χ1n) is 6.67. The van der Waals surface area contributed by atoms with Crippen LogP contribution >= 0.6 is 0 Å². The van der Waals surface area contributed by atoms with Gasteiger partial charge in [0.05, 0.1) is 19.1 Å². The Morgan fingerprint density at radius 3 is 2.76 bits per heavy atom. The number of carboxylic acid groups (broad SMARTS) is 1. The Kier molecular flexibility index (Phi) is 4.81. The van der Waals surface area contributed by atoms with E-state index in [0.29, 0.717) is 18.7 Å². The number of urea groups is 1. The maximum atomic E-state index is 11.8. The first kappa shape index (κ1) is 14.9. The average molecular weight is 290 g/mol. The molecule has 1 aliphatic rings. The molecule has 1 aliphatic carbocycles. The lowest BCUT2D eigenvalue weighted by Gasteiger charge is -2.14. The van der Waals surface area contributed by atoms with Crippen LogP contribution in [0.25, 0.3) is 0 Å². The van der Waals surface area contributed by atoms with E-state index in [4.69, 9.17) is 9.84 Å². The van der Waals surface area contributed by atoms with E-state index in [-0.39, 0.29) is 12.1 Å². The van der Waals surface area contributed by atoms with Gasteiger partial charge in [0.1, 0.15) is 5.75 Å². The van der Waals surface area contributed by atoms with Gasteiger partial charge in [-0.1, -0.05) is 30.4 Å². The van der Waals surface area contributed by atoms with Gasteiger partial charge in [-0.3, -0.25) is 4.79 Å². The molecule has 0 radical (unpaired) electrons. The van der Waals surface area contributed by atoms with Gasteiger partial charge in [0.2, 0.25) is 0 Å². The number of ether oxygens (including phenoxy) is 1. The van der Waals surface area contributed by atoms with E-state index in [1.54, 1.807) is 19.3 Å². The van der Waals surface area contributed by atoms with Crippen LogP contribution in [0.2, 0.25) is 0 Å². The Labute approximate surface area is 122 Å². The lowest BCUT2D eigenvalue weighted by molar-refractivity contribution is -0.140. The fourth-order valence-corrected chi connectivity index (χ4v) is 2.23. The van der Waals surface area contributed by atoms with Crippen molar-refractivity contribution < 1.29 is 19.4 Å². The molecule has 2 unspecified atom stereocenters. The molecule has 2 atom stereocenters. The standard InChI is InChI=1S/C15H18N2O4/c1-21-13-5-3-2-4-11(13)9-16-15(20)17-12-7-6-10(8-12)14(18)19/h2-7,10,12H,8-9H2,1H3,(H,18,19)(H2,16,17,20). The summed E-state index contributed by atoms with van der Waals surface area (Å²) in [6, 6.07) is 6.85. The fourth-order valence-electron chi connectivity index (χ4n) is 2.23. The van der Waals surface area contributed by atoms with Gasteiger partial charge in [0.25, 0.3) is 0 Å². The van der Waals surface area contributed by atoms with Crippen LogP contribution in [0.5, 0.6) is 5.75 Å². The number of hydrogen-bond donors (Lipinski definition) is 3. The molecule has 1 aromatic rings. The maximum absolute atomic E-state index is 11.8. The Bertz CT molecular complexity index is 556. The van der Waals surface area contributed by atoms with Gasteiger partial charge < -0.3 is 20.5 Å². The van der Waals surface area contributed by atoms with Gasteiger partial charge in [0, 0.05) is 12.1 Å². The summed E-state index contributed by atoms with van der Waals surface area (Å²) in [5, 5.41) is 14.3. The Hall–Kier alpha value is -2.50. The lowest BCUT2D eigenvalue weighted by atomic mass is 10.1. The van der Waals surface area contributed by atoms with Crippen LogP contribution in [0.1, 0.15) is 12.0 Å². The van der Waals surface area contributed by atoms with Crippen molar-refractivity contribution in [1.29, 1.82) is 0 Å². The summed E-state index contributed by atoms with van der Waals surface area (Å²) in [6.45, 7) is 0.342. The van der Waals surface area contributed by atoms with Crippen LogP contribution < -0.4 is 15.4 Å². The molecule has 2 rings (SSSR count). The number of carbonyl (C=O) groups excluding carboxylic acids is 1. The van der Waals surface area contributed by atoms with Crippen LogP contribution in [0.3, 0.4) is 0 Å². The molecule has 0 aliphatic heterocycles. The van der Waals surface area contributed by atoms with E-state index in [1.807, 2.05) is 24.3 Å². The number of hydrogen-bond acceptors (Lipinski definition) is 3. The first-order chi connectivity index (χ1) is 10.1. The largest absolute Gasteiger partial charge is 0.496 e. The molecular formula is C15H18N2O4. The number of rotatable bonds is 5. The Morgan fingerprint density at radius 2 is 2.10 bits per heavy atom. The summed E-state index contributed by atoms with van der Waals surface area (Å²) >= 11 is 0. The van der Waals surface area contributed by atoms with Crippen LogP contribution in [0.15, 0.2) is 36.4 Å². The highest BCUT2D eigenvalue weighted by molar-refractivity contribution is 5.76. The fraction of sp³-hybridized carbons (Fsp3) is 0.333. The minimum Gasteiger partial charge on any atom is -0.496 e. The Balaban J connectivity index is 1.81. The Morgan fingerprint density at radius 1 is 1.33 bits per heavy atom. The van der Waals surface area contributed by atoms with Crippen LogP contribution in [-0.2, 0) is 11.3 Å². The van der Waals surface area contributed by atoms with Crippen molar-refractivity contribution in [3.63, 3.8) is 0 Å². The summed E-state index contributed by atoms with van der Waals surface area (Å²) in [6.07, 6.45) is 3.70. The average Bonchev–Trinajstić information content (AvgIpc) is 2.94. The van der Waals surface area contributed by atoms with E-state index in [9.17, 15) is 9.59 Å². The highest BCUT2D eigenvalue weighted by Gasteiger charge is 2.25. The molecule has 0 fully saturated rings. The molecule has 21 heavy (non-hydrogen) atoms. The summed E-state index contributed by atoms with van der Waals surface area (Å²) in [4.78, 5) is 22.6. The van der Waals surface area contributed by atoms with Gasteiger partial charge in [-0.2, -0.15) is 0 Å². The van der Waals surface area contributed by atoms with Crippen molar-refractivity contribution in [3.8, 4) is 5.75 Å². The molecule has 0 heterocycles. The van der Waals surface area contributed by atoms with Gasteiger partial charge in [-0.15, -0.1) is 0 Å². The SMILES string of the molecule is COc1ccccc1CNC(=O)NC1C=CC(C(=O)O)C1. The van der Waals surface area contributed by atoms with Crippen molar-refractivity contribution in [3.05, 3.63) is 42.0 Å². The van der Waals surface area contributed by atoms with Gasteiger partial charge in [0.15, 0.2) is 0 Å². The van der Waals surface area contributed by atoms with Gasteiger partial charge >= 0.3 is 12.0 Å². The summed E-state index contributed by atoms with van der Waals surface area (Å²) in [5.74, 6) is -0.681. The van der Waals surface area contributed by atoms with Crippen molar-refractivity contribution in [2.24, 2.45) is 5.92 Å². The number of para-hydroxylation sites is 1. The minimum absolute atomic E-state index is 0.247.